The number of rotatable bonds is 4. The van der Waals surface area contributed by atoms with Gasteiger partial charge in [-0.15, -0.1) is 24.8 Å². The summed E-state index contributed by atoms with van der Waals surface area (Å²) in [7, 11) is 1.67. The molecule has 1 heterocycles. The van der Waals surface area contributed by atoms with Gasteiger partial charge in [-0.1, -0.05) is 0 Å². The van der Waals surface area contributed by atoms with Gasteiger partial charge in [0.1, 0.15) is 11.5 Å². The molecule has 1 aromatic carbocycles. The van der Waals surface area contributed by atoms with Crippen LogP contribution in [-0.4, -0.2) is 43.3 Å². The largest absolute Gasteiger partial charge is 0.508 e. The van der Waals surface area contributed by atoms with Crippen LogP contribution in [-0.2, 0) is 0 Å². The van der Waals surface area contributed by atoms with Crippen LogP contribution < -0.4 is 10.1 Å². The summed E-state index contributed by atoms with van der Waals surface area (Å²) in [6.45, 7) is 4.18. The fourth-order valence-corrected chi connectivity index (χ4v) is 3.02. The Morgan fingerprint density at radius 2 is 1.90 bits per heavy atom. The Hall–Kier alpha value is -0.680. The first kappa shape index (κ1) is 18.4. The number of hydrogen-bond acceptors (Lipinski definition) is 4. The van der Waals surface area contributed by atoms with Gasteiger partial charge in [0.05, 0.1) is 7.11 Å². The first-order chi connectivity index (χ1) is 9.29. The minimum atomic E-state index is 0. The smallest absolute Gasteiger partial charge is 0.120 e. The van der Waals surface area contributed by atoms with Crippen molar-refractivity contribution < 1.29 is 9.84 Å². The van der Waals surface area contributed by atoms with Crippen molar-refractivity contribution in [3.05, 3.63) is 23.8 Å². The zero-order valence-electron chi connectivity index (χ0n) is 12.2. The van der Waals surface area contributed by atoms with E-state index in [1.807, 2.05) is 12.1 Å². The van der Waals surface area contributed by atoms with E-state index in [2.05, 4.69) is 10.2 Å². The number of aromatic hydroxyl groups is 1. The maximum Gasteiger partial charge on any atom is 0.120 e. The van der Waals surface area contributed by atoms with Gasteiger partial charge < -0.3 is 15.2 Å². The first-order valence-corrected chi connectivity index (χ1v) is 7.11. The predicted octanol–water partition coefficient (Wildman–Crippen LogP) is 2.60. The highest BCUT2D eigenvalue weighted by Gasteiger charge is 2.38. The van der Waals surface area contributed by atoms with E-state index in [4.69, 9.17) is 4.74 Å². The van der Waals surface area contributed by atoms with E-state index in [0.717, 1.165) is 37.5 Å². The van der Waals surface area contributed by atoms with Crippen molar-refractivity contribution in [1.82, 2.24) is 10.2 Å². The van der Waals surface area contributed by atoms with E-state index >= 15 is 0 Å². The average molecular weight is 335 g/mol. The molecule has 4 nitrogen and oxygen atoms in total. The zero-order valence-corrected chi connectivity index (χ0v) is 13.9. The number of ether oxygens (including phenoxy) is 1. The van der Waals surface area contributed by atoms with Gasteiger partial charge in [0, 0.05) is 37.8 Å². The standard InChI is InChI=1S/C15H22N2O2.2ClH/c1-19-12-4-5-14(18)13(10-12)15(11-2-3-11)17-8-6-16-7-9-17;;/h4-5,10-11,15-16,18H,2-3,6-9H2,1H3;2*1H/t15-;;/m0../s1. The molecular formula is C15H24Cl2N2O2. The Bertz CT molecular complexity index is 449. The second-order valence-electron chi connectivity index (χ2n) is 5.49. The van der Waals surface area contributed by atoms with Crippen LogP contribution in [0.5, 0.6) is 11.5 Å². The minimum Gasteiger partial charge on any atom is -0.508 e. The van der Waals surface area contributed by atoms with Crippen LogP contribution in [0.2, 0.25) is 0 Å². The quantitative estimate of drug-likeness (QED) is 0.888. The molecular weight excluding hydrogens is 311 g/mol. The summed E-state index contributed by atoms with van der Waals surface area (Å²) in [6, 6.07) is 5.92. The lowest BCUT2D eigenvalue weighted by atomic mass is 9.98. The summed E-state index contributed by atoms with van der Waals surface area (Å²) >= 11 is 0. The van der Waals surface area contributed by atoms with E-state index in [1.54, 1.807) is 13.2 Å². The SMILES string of the molecule is COc1ccc(O)c([C@H](C2CC2)N2CCNCC2)c1.Cl.Cl. The number of methoxy groups -OCH3 is 1. The van der Waals surface area contributed by atoms with Gasteiger partial charge in [-0.05, 0) is 37.0 Å². The summed E-state index contributed by atoms with van der Waals surface area (Å²) in [6.07, 6.45) is 2.54. The monoisotopic (exact) mass is 334 g/mol. The molecule has 1 atom stereocenters. The highest BCUT2D eigenvalue weighted by atomic mass is 35.5. The second-order valence-corrected chi connectivity index (χ2v) is 5.49. The van der Waals surface area contributed by atoms with Crippen molar-refractivity contribution in [1.29, 1.82) is 0 Å². The number of phenolic OH excluding ortho intramolecular Hbond substituents is 1. The van der Waals surface area contributed by atoms with Gasteiger partial charge in [-0.3, -0.25) is 4.90 Å². The van der Waals surface area contributed by atoms with E-state index in [9.17, 15) is 5.11 Å². The normalized spacial score (nSPS) is 20.0. The fourth-order valence-electron chi connectivity index (χ4n) is 3.02. The topological polar surface area (TPSA) is 44.7 Å². The van der Waals surface area contributed by atoms with Crippen LogP contribution in [0.15, 0.2) is 18.2 Å². The molecule has 0 unspecified atom stereocenters. The van der Waals surface area contributed by atoms with Crippen molar-refractivity contribution >= 4 is 24.8 Å². The van der Waals surface area contributed by atoms with E-state index in [-0.39, 0.29) is 24.8 Å². The third-order valence-electron chi connectivity index (χ3n) is 4.17. The Balaban J connectivity index is 0.00000110. The Morgan fingerprint density at radius 3 is 2.48 bits per heavy atom. The lowest BCUT2D eigenvalue weighted by Gasteiger charge is -2.35. The van der Waals surface area contributed by atoms with Gasteiger partial charge >= 0.3 is 0 Å². The third kappa shape index (κ3) is 4.16. The van der Waals surface area contributed by atoms with Crippen LogP contribution in [0, 0.1) is 5.92 Å². The lowest BCUT2D eigenvalue weighted by molar-refractivity contribution is 0.153. The van der Waals surface area contributed by atoms with Crippen molar-refractivity contribution in [2.24, 2.45) is 5.92 Å². The summed E-state index contributed by atoms with van der Waals surface area (Å²) in [4.78, 5) is 2.50. The van der Waals surface area contributed by atoms with Gasteiger partial charge in [-0.2, -0.15) is 0 Å². The molecule has 21 heavy (non-hydrogen) atoms. The molecule has 120 valence electrons. The van der Waals surface area contributed by atoms with Crippen LogP contribution in [0.25, 0.3) is 0 Å². The maximum absolute atomic E-state index is 10.2. The van der Waals surface area contributed by atoms with E-state index in [0.29, 0.717) is 17.7 Å². The Morgan fingerprint density at radius 1 is 1.24 bits per heavy atom. The van der Waals surface area contributed by atoms with Gasteiger partial charge in [-0.25, -0.2) is 0 Å². The molecule has 1 saturated heterocycles. The summed E-state index contributed by atoms with van der Waals surface area (Å²) in [5, 5.41) is 13.6. The summed E-state index contributed by atoms with van der Waals surface area (Å²) in [5.74, 6) is 1.92. The van der Waals surface area contributed by atoms with Crippen LogP contribution >= 0.6 is 24.8 Å². The summed E-state index contributed by atoms with van der Waals surface area (Å²) in [5.41, 5.74) is 1.03. The van der Waals surface area contributed by atoms with Crippen LogP contribution in [0.4, 0.5) is 0 Å². The molecule has 1 aromatic rings. The van der Waals surface area contributed by atoms with Gasteiger partial charge in [0.25, 0.3) is 0 Å². The molecule has 0 radical (unpaired) electrons. The molecule has 0 aromatic heterocycles. The van der Waals surface area contributed by atoms with Crippen molar-refractivity contribution in [3.63, 3.8) is 0 Å². The molecule has 1 saturated carbocycles. The van der Waals surface area contributed by atoms with Gasteiger partial charge in [0.15, 0.2) is 0 Å². The number of halogens is 2. The number of phenols is 1. The minimum absolute atomic E-state index is 0. The number of hydrogen-bond donors (Lipinski definition) is 2. The Kier molecular flexibility index (Phi) is 7.07. The summed E-state index contributed by atoms with van der Waals surface area (Å²) < 4.78 is 5.31. The van der Waals surface area contributed by atoms with Gasteiger partial charge in [0.2, 0.25) is 0 Å². The molecule has 1 aliphatic heterocycles. The molecule has 1 aliphatic carbocycles. The average Bonchev–Trinajstić information content (AvgIpc) is 3.27. The second kappa shape index (κ2) is 8.08. The van der Waals surface area contributed by atoms with Crippen molar-refractivity contribution in [2.75, 3.05) is 33.3 Å². The number of nitrogens with one attached hydrogen (secondary N) is 1. The molecule has 2 fully saturated rings. The lowest BCUT2D eigenvalue weighted by Crippen LogP contribution is -2.45. The van der Waals surface area contributed by atoms with E-state index in [1.165, 1.54) is 12.8 Å². The Labute approximate surface area is 138 Å². The van der Waals surface area contributed by atoms with Crippen molar-refractivity contribution in [2.45, 2.75) is 18.9 Å². The van der Waals surface area contributed by atoms with Crippen molar-refractivity contribution in [3.8, 4) is 11.5 Å². The molecule has 2 N–H and O–H groups in total. The highest BCUT2D eigenvalue weighted by molar-refractivity contribution is 5.85. The van der Waals surface area contributed by atoms with Crippen LogP contribution in [0.1, 0.15) is 24.4 Å². The number of nitrogens with zero attached hydrogens (tertiary/aromatic N) is 1. The molecule has 0 amide bonds. The molecule has 3 rings (SSSR count). The zero-order chi connectivity index (χ0) is 13.2. The molecule has 6 heteroatoms. The molecule has 0 spiro atoms. The number of benzene rings is 1. The number of piperazine rings is 1. The predicted molar refractivity (Wildman–Crippen MR) is 89.1 cm³/mol. The van der Waals surface area contributed by atoms with Crippen LogP contribution in [0.3, 0.4) is 0 Å². The van der Waals surface area contributed by atoms with E-state index < -0.39 is 0 Å². The fraction of sp³-hybridized carbons (Fsp3) is 0.600. The molecule has 2 aliphatic rings. The first-order valence-electron chi connectivity index (χ1n) is 7.11. The maximum atomic E-state index is 10.2. The highest BCUT2D eigenvalue weighted by Crippen LogP contribution is 2.47. The molecule has 0 bridgehead atoms. The third-order valence-corrected chi connectivity index (χ3v) is 4.17.